The summed E-state index contributed by atoms with van der Waals surface area (Å²) in [4.78, 5) is 15.1. The van der Waals surface area contributed by atoms with Crippen LogP contribution in [0.2, 0.25) is 0 Å². The van der Waals surface area contributed by atoms with E-state index in [-0.39, 0.29) is 6.17 Å². The van der Waals surface area contributed by atoms with Crippen molar-refractivity contribution in [2.45, 2.75) is 19.5 Å². The first-order chi connectivity index (χ1) is 22.3. The average Bonchev–Trinajstić information content (AvgIpc) is 3.50. The zero-order valence-electron chi connectivity index (χ0n) is 24.9. The highest BCUT2D eigenvalue weighted by atomic mass is 15.2. The zero-order valence-corrected chi connectivity index (χ0v) is 24.9. The highest BCUT2D eigenvalue weighted by Crippen LogP contribution is 2.35. The van der Waals surface area contributed by atoms with Gasteiger partial charge in [-0.2, -0.15) is 0 Å². The van der Waals surface area contributed by atoms with Crippen molar-refractivity contribution >= 4 is 33.5 Å². The number of amidine groups is 2. The highest BCUT2D eigenvalue weighted by molar-refractivity contribution is 6.13. The number of nitrogens with one attached hydrogen (secondary N) is 1. The van der Waals surface area contributed by atoms with Gasteiger partial charge in [0, 0.05) is 22.9 Å². The van der Waals surface area contributed by atoms with Crippen LogP contribution in [0.1, 0.15) is 35.6 Å². The summed E-state index contributed by atoms with van der Waals surface area (Å²) in [6.45, 7) is 2.16. The third kappa shape index (κ3) is 4.88. The number of hydrogen-bond acceptors (Lipinski definition) is 4. The lowest BCUT2D eigenvalue weighted by Crippen LogP contribution is -2.33. The van der Waals surface area contributed by atoms with E-state index in [2.05, 4.69) is 126 Å². The Balaban J connectivity index is 1.25. The van der Waals surface area contributed by atoms with E-state index in [1.165, 1.54) is 16.3 Å². The predicted molar refractivity (Wildman–Crippen MR) is 185 cm³/mol. The van der Waals surface area contributed by atoms with E-state index in [1.54, 1.807) is 0 Å². The lowest BCUT2D eigenvalue weighted by molar-refractivity contribution is 0.674. The van der Waals surface area contributed by atoms with Crippen molar-refractivity contribution in [1.29, 1.82) is 0 Å². The molecule has 1 aromatic heterocycles. The van der Waals surface area contributed by atoms with Crippen LogP contribution in [0.5, 0.6) is 0 Å². The molecule has 0 saturated carbocycles. The predicted octanol–water partition coefficient (Wildman–Crippen LogP) is 8.90. The van der Waals surface area contributed by atoms with Gasteiger partial charge >= 0.3 is 0 Å². The molecule has 0 aliphatic carbocycles. The molecule has 1 aliphatic rings. The van der Waals surface area contributed by atoms with Crippen LogP contribution in [0.3, 0.4) is 0 Å². The molecule has 1 aliphatic heterocycles. The minimum atomic E-state index is -0.240. The molecule has 1 atom stereocenters. The lowest BCUT2D eigenvalue weighted by atomic mass is 9.96. The largest absolute Gasteiger partial charge is 0.344 e. The maximum absolute atomic E-state index is 5.10. The van der Waals surface area contributed by atoms with Gasteiger partial charge in [0.25, 0.3) is 0 Å². The fourth-order valence-electron chi connectivity index (χ4n) is 6.28. The molecular weight excluding hydrogens is 550 g/mol. The molecule has 216 valence electrons. The maximum Gasteiger partial charge on any atom is 0.159 e. The van der Waals surface area contributed by atoms with Gasteiger partial charge in [0.2, 0.25) is 0 Å². The van der Waals surface area contributed by atoms with Gasteiger partial charge in [0.05, 0.1) is 16.7 Å². The number of para-hydroxylation sites is 2. The van der Waals surface area contributed by atoms with E-state index in [1.807, 2.05) is 36.4 Å². The van der Waals surface area contributed by atoms with E-state index >= 15 is 0 Å². The molecule has 0 fully saturated rings. The average molecular weight is 582 g/mol. The monoisotopic (exact) mass is 581 g/mol. The van der Waals surface area contributed by atoms with Gasteiger partial charge in [-0.05, 0) is 46.3 Å². The van der Waals surface area contributed by atoms with Crippen molar-refractivity contribution < 1.29 is 0 Å². The number of hydrogen-bond donors (Lipinski definition) is 1. The first-order valence-electron chi connectivity index (χ1n) is 15.4. The first-order valence-corrected chi connectivity index (χ1v) is 15.4. The molecular formula is C40H31N5. The van der Waals surface area contributed by atoms with Gasteiger partial charge in [-0.15, -0.1) is 0 Å². The van der Waals surface area contributed by atoms with E-state index in [4.69, 9.17) is 15.0 Å². The molecule has 0 amide bonds. The van der Waals surface area contributed by atoms with Crippen molar-refractivity contribution in [3.8, 4) is 16.8 Å². The fraction of sp³-hybridized carbons (Fsp3) is 0.0750. The summed E-state index contributed by atoms with van der Waals surface area (Å²) in [6.07, 6.45) is 0.606. The second-order valence-corrected chi connectivity index (χ2v) is 11.2. The minimum Gasteiger partial charge on any atom is -0.344 e. The summed E-state index contributed by atoms with van der Waals surface area (Å²) in [5, 5.41) is 5.93. The molecule has 45 heavy (non-hydrogen) atoms. The van der Waals surface area contributed by atoms with Crippen molar-refractivity contribution in [3.63, 3.8) is 0 Å². The van der Waals surface area contributed by atoms with Crippen LogP contribution in [0, 0.1) is 0 Å². The molecule has 1 unspecified atom stereocenters. The van der Waals surface area contributed by atoms with Crippen LogP contribution >= 0.6 is 0 Å². The van der Waals surface area contributed by atoms with Gasteiger partial charge < -0.3 is 5.32 Å². The Morgan fingerprint density at radius 1 is 0.644 bits per heavy atom. The van der Waals surface area contributed by atoms with E-state index < -0.39 is 0 Å². The topological polar surface area (TPSA) is 54.6 Å². The SMILES string of the molecule is CCc1nc2ccccc2n1-c1cccc2c(-c3cccc(C4=NC(c5ccccc5)NC(c5ccccc5)=N4)c3)cccc12. The van der Waals surface area contributed by atoms with Crippen LogP contribution in [-0.2, 0) is 6.42 Å². The Bertz CT molecular complexity index is 2230. The summed E-state index contributed by atoms with van der Waals surface area (Å²) in [5.74, 6) is 2.58. The van der Waals surface area contributed by atoms with Gasteiger partial charge in [-0.1, -0.05) is 128 Å². The molecule has 7 aromatic rings. The van der Waals surface area contributed by atoms with Crippen molar-refractivity contribution in [2.24, 2.45) is 9.98 Å². The van der Waals surface area contributed by atoms with Crippen LogP contribution in [0.15, 0.2) is 156 Å². The third-order valence-electron chi connectivity index (χ3n) is 8.42. The quantitative estimate of drug-likeness (QED) is 0.213. The second-order valence-electron chi connectivity index (χ2n) is 11.2. The normalized spacial score (nSPS) is 14.6. The molecule has 0 spiro atoms. The fourth-order valence-corrected chi connectivity index (χ4v) is 6.28. The molecule has 0 saturated heterocycles. The minimum absolute atomic E-state index is 0.240. The number of fused-ring (bicyclic) bond motifs is 2. The molecule has 5 heteroatoms. The Labute approximate surface area is 262 Å². The molecule has 1 N–H and O–H groups in total. The van der Waals surface area contributed by atoms with Crippen molar-refractivity contribution in [2.75, 3.05) is 0 Å². The number of imidazole rings is 1. The number of aryl methyl sites for hydroxylation is 1. The molecule has 0 bridgehead atoms. The van der Waals surface area contributed by atoms with Gasteiger partial charge in [0.1, 0.15) is 17.8 Å². The maximum atomic E-state index is 5.10. The lowest BCUT2D eigenvalue weighted by Gasteiger charge is -2.23. The van der Waals surface area contributed by atoms with Crippen LogP contribution in [-0.4, -0.2) is 21.2 Å². The summed E-state index contributed by atoms with van der Waals surface area (Å²) >= 11 is 0. The zero-order chi connectivity index (χ0) is 30.2. The Hall–Kier alpha value is -5.81. The van der Waals surface area contributed by atoms with Crippen molar-refractivity contribution in [1.82, 2.24) is 14.9 Å². The third-order valence-corrected chi connectivity index (χ3v) is 8.42. The second kappa shape index (κ2) is 11.4. The Morgan fingerprint density at radius 2 is 1.33 bits per heavy atom. The summed E-state index contributed by atoms with van der Waals surface area (Å²) in [5.41, 5.74) is 8.67. The van der Waals surface area contributed by atoms with Crippen LogP contribution < -0.4 is 5.32 Å². The van der Waals surface area contributed by atoms with E-state index in [9.17, 15) is 0 Å². The van der Waals surface area contributed by atoms with E-state index in [0.717, 1.165) is 57.1 Å². The Morgan fingerprint density at radius 3 is 2.18 bits per heavy atom. The highest BCUT2D eigenvalue weighted by Gasteiger charge is 2.21. The smallest absolute Gasteiger partial charge is 0.159 e. The number of aliphatic imine (C=N–C) groups is 2. The number of nitrogens with zero attached hydrogens (tertiary/aromatic N) is 4. The van der Waals surface area contributed by atoms with Crippen LogP contribution in [0.4, 0.5) is 0 Å². The summed E-state index contributed by atoms with van der Waals surface area (Å²) in [7, 11) is 0. The number of benzene rings is 6. The van der Waals surface area contributed by atoms with Gasteiger partial charge in [-0.25, -0.2) is 15.0 Å². The molecule has 8 rings (SSSR count). The summed E-state index contributed by atoms with van der Waals surface area (Å²) in [6, 6.07) is 50.7. The standard InChI is InChI=1S/C40H31N5/c1-2-37-41-34-23-9-10-24-36(34)45(37)35-25-13-21-32-31(20-12-22-33(32)35)29-18-11-19-30(26-29)40-43-38(27-14-5-3-6-15-27)42-39(44-40)28-16-7-4-8-17-28/h3-26,38H,2H2,1H3,(H,42,43,44). The van der Waals surface area contributed by atoms with E-state index in [0.29, 0.717) is 5.84 Å². The molecule has 6 aromatic carbocycles. The van der Waals surface area contributed by atoms with Crippen LogP contribution in [0.25, 0.3) is 38.6 Å². The first kappa shape index (κ1) is 26.8. The summed E-state index contributed by atoms with van der Waals surface area (Å²) < 4.78 is 2.31. The molecule has 5 nitrogen and oxygen atoms in total. The van der Waals surface area contributed by atoms with Gasteiger partial charge in [0.15, 0.2) is 5.84 Å². The number of aromatic nitrogens is 2. The molecule has 0 radical (unpaired) electrons. The molecule has 2 heterocycles. The number of rotatable bonds is 6. The van der Waals surface area contributed by atoms with Crippen molar-refractivity contribution in [3.05, 3.63) is 168 Å². The Kier molecular flexibility index (Phi) is 6.76. The van der Waals surface area contributed by atoms with Gasteiger partial charge in [-0.3, -0.25) is 4.57 Å².